The molecule has 5 heterocycles. The first-order valence-corrected chi connectivity index (χ1v) is 25.3. The van der Waals surface area contributed by atoms with Gasteiger partial charge in [-0.1, -0.05) is 72.7 Å². The molecule has 0 radical (unpaired) electrons. The highest BCUT2D eigenvalue weighted by molar-refractivity contribution is 5.95. The minimum atomic E-state index is -0.828. The summed E-state index contributed by atoms with van der Waals surface area (Å²) in [6, 6.07) is 12.8. The fraction of sp³-hybridized carbons (Fsp3) is 0.608. The zero-order valence-electron chi connectivity index (χ0n) is 40.5. The summed E-state index contributed by atoms with van der Waals surface area (Å²) >= 11 is 0. The van der Waals surface area contributed by atoms with Gasteiger partial charge in [0.15, 0.2) is 0 Å². The van der Waals surface area contributed by atoms with Crippen LogP contribution in [0.5, 0.6) is 0 Å². The number of amides is 6. The highest BCUT2D eigenvalue weighted by atomic mass is 16.5. The largest absolute Gasteiger partial charge is 0.373 e. The van der Waals surface area contributed by atoms with Crippen molar-refractivity contribution < 1.29 is 33.5 Å². The van der Waals surface area contributed by atoms with Gasteiger partial charge in [-0.05, 0) is 122 Å². The number of nitrogens with zero attached hydrogens (tertiary/aromatic N) is 5. The third-order valence-electron chi connectivity index (χ3n) is 15.3. The maximum absolute atomic E-state index is 14.5. The number of fused-ring (bicyclic) bond motifs is 3. The van der Waals surface area contributed by atoms with E-state index in [1.165, 1.54) is 5.56 Å². The Morgan fingerprint density at radius 2 is 1.28 bits per heavy atom. The Balaban J connectivity index is 0.935. The van der Waals surface area contributed by atoms with Crippen LogP contribution in [0.1, 0.15) is 138 Å². The van der Waals surface area contributed by atoms with E-state index >= 15 is 0 Å². The smallest absolute Gasteiger partial charge is 0.246 e. The van der Waals surface area contributed by atoms with Crippen LogP contribution in [0.25, 0.3) is 0 Å². The molecule has 2 aromatic carbocycles. The van der Waals surface area contributed by atoms with Crippen LogP contribution in [-0.4, -0.2) is 129 Å². The van der Waals surface area contributed by atoms with E-state index in [1.54, 1.807) is 37.7 Å². The number of likely N-dealkylation sites (N-methyl/N-ethyl adjacent to an activating group) is 2. The monoisotopic (exact) mass is 950 g/mol. The summed E-state index contributed by atoms with van der Waals surface area (Å²) in [5.74, 6) is -1.42. The highest BCUT2D eigenvalue weighted by Crippen LogP contribution is 2.37. The molecule has 1 unspecified atom stereocenters. The molecule has 8 rings (SSSR count). The number of ether oxygens (including phenoxy) is 1. The molecule has 4 fully saturated rings. The second kappa shape index (κ2) is 22.8. The van der Waals surface area contributed by atoms with Gasteiger partial charge in [0.1, 0.15) is 29.9 Å². The first-order chi connectivity index (χ1) is 33.4. The molecule has 18 nitrogen and oxygen atoms in total. The normalized spacial score (nSPS) is 27.2. The molecule has 0 bridgehead atoms. The molecule has 3 aromatic rings. The van der Waals surface area contributed by atoms with E-state index in [-0.39, 0.29) is 72.8 Å². The molecule has 6 amide bonds. The van der Waals surface area contributed by atoms with Gasteiger partial charge in [0.05, 0.1) is 49.6 Å². The second-order valence-corrected chi connectivity index (χ2v) is 19.7. The highest BCUT2D eigenvalue weighted by Gasteiger charge is 2.47. The number of hydrogen-bond donors (Lipinski definition) is 6. The second-order valence-electron chi connectivity index (χ2n) is 19.7. The van der Waals surface area contributed by atoms with Crippen molar-refractivity contribution in [1.82, 2.24) is 56.7 Å². The molecule has 5 aliphatic rings. The summed E-state index contributed by atoms with van der Waals surface area (Å²) in [7, 11) is 3.40. The molecule has 18 heteroatoms. The Hall–Kier alpha value is -5.72. The number of carbonyl (C=O) groups excluding carboxylic acids is 6. The summed E-state index contributed by atoms with van der Waals surface area (Å²) in [6.07, 6.45) is 11.5. The average molecular weight is 950 g/mol. The number of aromatic nitrogens is 3. The summed E-state index contributed by atoms with van der Waals surface area (Å²) in [5, 5.41) is 27.4. The standard InChI is InChI=1S/C51H71N11O7/c1-31(52-3)46(63)55-41-19-11-9-17-36-22-25-44(61(36)50(41)67)49(66)57-43(34-14-6-5-7-15-34)30-69-29-35-28-60(59-58-35)37-21-24-42(56-47(64)32(2)53-4)51(68)62-38(27-37)23-26-45(62)48(65)54-40-20-12-16-33-13-8-10-18-39(33)40/h5-8,10,13-15,18,28,31-32,36-38,40-45,52-53H,9,11-12,16-17,19-27,29-30H2,1-4H3,(H,54,65)(H,55,63)(H,56,64)(H,57,66)/t31-,32-,36-,37+,38+,40+,41-,42-,43+,44?,45-/m0/s1. The molecule has 1 aromatic heterocycles. The Kier molecular flexibility index (Phi) is 16.4. The molecule has 1 aliphatic carbocycles. The van der Waals surface area contributed by atoms with Crippen molar-refractivity contribution in [3.05, 3.63) is 83.2 Å². The molecule has 4 saturated heterocycles. The number of carbonyl (C=O) groups is 6. The van der Waals surface area contributed by atoms with Crippen LogP contribution in [0.15, 0.2) is 60.8 Å². The van der Waals surface area contributed by atoms with Crippen LogP contribution >= 0.6 is 0 Å². The van der Waals surface area contributed by atoms with E-state index in [1.807, 2.05) is 53.3 Å². The van der Waals surface area contributed by atoms with Gasteiger partial charge in [-0.15, -0.1) is 5.10 Å². The van der Waals surface area contributed by atoms with E-state index in [0.717, 1.165) is 49.7 Å². The van der Waals surface area contributed by atoms with E-state index in [0.29, 0.717) is 57.1 Å². The first kappa shape index (κ1) is 49.7. The maximum atomic E-state index is 14.5. The SMILES string of the molecule is CN[C@@H](C)C(=O)N[C@H]1CCCC[C@H]2CCC(C(=O)N[C@H](COCc3cn([C@@H]4CC[C@H](NC(=O)[C@H](C)NC)C(=O)N5[C@H](CC[C@H]5C(=O)N[C@@H]5CCCc6ccccc65)C4)nn3)c3ccccc3)N2C1=O. The maximum Gasteiger partial charge on any atom is 0.246 e. The van der Waals surface area contributed by atoms with Crippen molar-refractivity contribution in [2.75, 3.05) is 20.7 Å². The van der Waals surface area contributed by atoms with Crippen molar-refractivity contribution >= 4 is 35.4 Å². The number of hydrogen-bond acceptors (Lipinski definition) is 11. The zero-order chi connectivity index (χ0) is 48.6. The van der Waals surface area contributed by atoms with Gasteiger partial charge in [-0.25, -0.2) is 4.68 Å². The van der Waals surface area contributed by atoms with Crippen molar-refractivity contribution in [2.45, 2.75) is 177 Å². The summed E-state index contributed by atoms with van der Waals surface area (Å²) < 4.78 is 8.11. The van der Waals surface area contributed by atoms with Gasteiger partial charge in [0.2, 0.25) is 35.4 Å². The first-order valence-electron chi connectivity index (χ1n) is 25.3. The van der Waals surface area contributed by atoms with Crippen molar-refractivity contribution in [3.8, 4) is 0 Å². The molecule has 6 N–H and O–H groups in total. The van der Waals surface area contributed by atoms with Crippen LogP contribution in [0.2, 0.25) is 0 Å². The molecule has 372 valence electrons. The lowest BCUT2D eigenvalue weighted by Crippen LogP contribution is -2.58. The average Bonchev–Trinajstić information content (AvgIpc) is 4.13. The minimum absolute atomic E-state index is 0.0728. The van der Waals surface area contributed by atoms with Crippen molar-refractivity contribution in [1.29, 1.82) is 0 Å². The number of rotatable bonds is 16. The van der Waals surface area contributed by atoms with E-state index in [4.69, 9.17) is 4.74 Å². The lowest BCUT2D eigenvalue weighted by Gasteiger charge is -2.38. The van der Waals surface area contributed by atoms with Crippen molar-refractivity contribution in [3.63, 3.8) is 0 Å². The third kappa shape index (κ3) is 11.5. The van der Waals surface area contributed by atoms with E-state index < -0.39 is 42.3 Å². The zero-order valence-corrected chi connectivity index (χ0v) is 40.5. The molecule has 0 saturated carbocycles. The molecule has 11 atom stereocenters. The van der Waals surface area contributed by atoms with E-state index in [9.17, 15) is 28.8 Å². The fourth-order valence-corrected chi connectivity index (χ4v) is 11.1. The van der Waals surface area contributed by atoms with Gasteiger partial charge in [0, 0.05) is 12.1 Å². The van der Waals surface area contributed by atoms with Crippen LogP contribution in [0.3, 0.4) is 0 Å². The van der Waals surface area contributed by atoms with Gasteiger partial charge in [0.25, 0.3) is 0 Å². The van der Waals surface area contributed by atoms with Crippen LogP contribution in [0.4, 0.5) is 0 Å². The Morgan fingerprint density at radius 3 is 2.00 bits per heavy atom. The Bertz CT molecular complexity index is 2290. The fourth-order valence-electron chi connectivity index (χ4n) is 11.1. The van der Waals surface area contributed by atoms with Gasteiger partial charge in [-0.2, -0.15) is 0 Å². The number of nitrogens with one attached hydrogen (secondary N) is 6. The summed E-state index contributed by atoms with van der Waals surface area (Å²) in [6.45, 7) is 3.72. The van der Waals surface area contributed by atoms with Crippen LogP contribution < -0.4 is 31.9 Å². The lowest BCUT2D eigenvalue weighted by molar-refractivity contribution is -0.145. The Morgan fingerprint density at radius 1 is 0.667 bits per heavy atom. The predicted molar refractivity (Wildman–Crippen MR) is 257 cm³/mol. The summed E-state index contributed by atoms with van der Waals surface area (Å²) in [5.41, 5.74) is 3.80. The summed E-state index contributed by atoms with van der Waals surface area (Å²) in [4.78, 5) is 86.6. The quantitative estimate of drug-likeness (QED) is 0.123. The molecular formula is C51H71N11O7. The Labute approximate surface area is 405 Å². The lowest BCUT2D eigenvalue weighted by atomic mass is 9.87. The molecular weight excluding hydrogens is 879 g/mol. The van der Waals surface area contributed by atoms with Crippen LogP contribution in [0, 0.1) is 0 Å². The number of benzene rings is 2. The van der Waals surface area contributed by atoms with Gasteiger partial charge in [-0.3, -0.25) is 28.8 Å². The topological polar surface area (TPSA) is 221 Å². The van der Waals surface area contributed by atoms with Gasteiger partial charge >= 0.3 is 0 Å². The van der Waals surface area contributed by atoms with Crippen molar-refractivity contribution in [2.24, 2.45) is 0 Å². The number of aryl methyl sites for hydroxylation is 1. The van der Waals surface area contributed by atoms with E-state index in [2.05, 4.69) is 54.3 Å². The van der Waals surface area contributed by atoms with Gasteiger partial charge < -0.3 is 46.4 Å². The molecule has 69 heavy (non-hydrogen) atoms. The predicted octanol–water partition coefficient (Wildman–Crippen LogP) is 3.05. The molecule has 0 spiro atoms. The molecule has 4 aliphatic heterocycles. The van der Waals surface area contributed by atoms with Crippen LogP contribution in [-0.2, 0) is 46.5 Å². The third-order valence-corrected chi connectivity index (χ3v) is 15.3. The minimum Gasteiger partial charge on any atom is -0.373 e.